The number of carboxylic acid groups (broad SMARTS) is 1. The molecular formula is C11H16O3. The third kappa shape index (κ3) is 1.11. The number of hydrogen-bond acceptors (Lipinski definition) is 2. The van der Waals surface area contributed by atoms with Crippen molar-refractivity contribution in [1.82, 2.24) is 0 Å². The standard InChI is InChI=1S/C11H16O3/c1-6-7-3-4-11(2,5-8(7)12)9(6)10(13)14/h6-7,9H,3-5H2,1-2H3,(H,13,14)/t6-,7-,9+,11+/m1/s1. The van der Waals surface area contributed by atoms with Crippen LogP contribution in [0.3, 0.4) is 0 Å². The Morgan fingerprint density at radius 1 is 1.57 bits per heavy atom. The molecule has 3 aliphatic rings. The summed E-state index contributed by atoms with van der Waals surface area (Å²) in [5.74, 6) is -0.731. The van der Waals surface area contributed by atoms with Gasteiger partial charge in [-0.2, -0.15) is 0 Å². The van der Waals surface area contributed by atoms with Crippen LogP contribution in [0.1, 0.15) is 33.1 Å². The Balaban J connectivity index is 2.37. The van der Waals surface area contributed by atoms with Gasteiger partial charge in [-0.15, -0.1) is 0 Å². The predicted octanol–water partition coefficient (Wildman–Crippen LogP) is 1.71. The minimum absolute atomic E-state index is 0.0120. The fraction of sp³-hybridized carbons (Fsp3) is 0.818. The molecule has 0 heterocycles. The molecule has 0 amide bonds. The number of carboxylic acids is 1. The van der Waals surface area contributed by atoms with E-state index in [9.17, 15) is 14.7 Å². The summed E-state index contributed by atoms with van der Waals surface area (Å²) in [4.78, 5) is 22.8. The lowest BCUT2D eigenvalue weighted by molar-refractivity contribution is -0.163. The number of rotatable bonds is 1. The van der Waals surface area contributed by atoms with Crippen molar-refractivity contribution >= 4 is 11.8 Å². The van der Waals surface area contributed by atoms with Gasteiger partial charge in [0.15, 0.2) is 0 Å². The summed E-state index contributed by atoms with van der Waals surface area (Å²) in [5, 5.41) is 9.17. The molecule has 0 radical (unpaired) electrons. The molecule has 3 heteroatoms. The van der Waals surface area contributed by atoms with Gasteiger partial charge in [-0.3, -0.25) is 9.59 Å². The Bertz CT molecular complexity index is 297. The Hall–Kier alpha value is -0.860. The van der Waals surface area contributed by atoms with Crippen LogP contribution in [0.5, 0.6) is 0 Å². The zero-order chi connectivity index (χ0) is 10.5. The summed E-state index contributed by atoms with van der Waals surface area (Å²) in [5.41, 5.74) is -0.281. The van der Waals surface area contributed by atoms with Crippen molar-refractivity contribution < 1.29 is 14.7 Å². The molecule has 0 aliphatic heterocycles. The molecule has 3 saturated carbocycles. The molecule has 3 fully saturated rings. The van der Waals surface area contributed by atoms with E-state index in [1.54, 1.807) is 0 Å². The lowest BCUT2D eigenvalue weighted by Gasteiger charge is -2.51. The van der Waals surface area contributed by atoms with E-state index in [1.807, 2.05) is 13.8 Å². The first-order valence-electron chi connectivity index (χ1n) is 5.21. The molecule has 0 aromatic rings. The predicted molar refractivity (Wildman–Crippen MR) is 50.7 cm³/mol. The SMILES string of the molecule is C[C@H]1[C@@H](C(=O)O)[C@@]2(C)CC[C@H]1C(=O)C2. The number of aliphatic carboxylic acids is 1. The topological polar surface area (TPSA) is 54.4 Å². The first-order chi connectivity index (χ1) is 6.46. The minimum Gasteiger partial charge on any atom is -0.481 e. The summed E-state index contributed by atoms with van der Waals surface area (Å²) in [6, 6.07) is 0. The van der Waals surface area contributed by atoms with E-state index in [1.165, 1.54) is 0 Å². The second-order valence-electron chi connectivity index (χ2n) is 5.12. The monoisotopic (exact) mass is 196 g/mol. The molecule has 0 saturated heterocycles. The van der Waals surface area contributed by atoms with Crippen molar-refractivity contribution in [2.45, 2.75) is 33.1 Å². The third-order valence-corrected chi connectivity index (χ3v) is 4.20. The van der Waals surface area contributed by atoms with Crippen molar-refractivity contribution in [3.05, 3.63) is 0 Å². The zero-order valence-corrected chi connectivity index (χ0v) is 8.62. The van der Waals surface area contributed by atoms with E-state index in [2.05, 4.69) is 0 Å². The van der Waals surface area contributed by atoms with Crippen molar-refractivity contribution in [3.63, 3.8) is 0 Å². The maximum Gasteiger partial charge on any atom is 0.307 e. The van der Waals surface area contributed by atoms with E-state index >= 15 is 0 Å². The Morgan fingerprint density at radius 3 is 2.64 bits per heavy atom. The van der Waals surface area contributed by atoms with Gasteiger partial charge in [-0.25, -0.2) is 0 Å². The lowest BCUT2D eigenvalue weighted by Crippen LogP contribution is -2.53. The Morgan fingerprint density at radius 2 is 2.21 bits per heavy atom. The minimum atomic E-state index is -0.725. The lowest BCUT2D eigenvalue weighted by atomic mass is 9.51. The van der Waals surface area contributed by atoms with Gasteiger partial charge in [-0.05, 0) is 24.2 Å². The van der Waals surface area contributed by atoms with Gasteiger partial charge >= 0.3 is 5.97 Å². The highest BCUT2D eigenvalue weighted by Gasteiger charge is 2.55. The second-order valence-corrected chi connectivity index (χ2v) is 5.12. The highest BCUT2D eigenvalue weighted by atomic mass is 16.4. The average molecular weight is 196 g/mol. The van der Waals surface area contributed by atoms with Crippen LogP contribution < -0.4 is 0 Å². The van der Waals surface area contributed by atoms with Gasteiger partial charge in [0.1, 0.15) is 5.78 Å². The summed E-state index contributed by atoms with van der Waals surface area (Å²) >= 11 is 0. The van der Waals surface area contributed by atoms with Crippen LogP contribution in [0, 0.1) is 23.2 Å². The highest BCUT2D eigenvalue weighted by molar-refractivity contribution is 5.87. The first-order valence-corrected chi connectivity index (χ1v) is 5.21. The van der Waals surface area contributed by atoms with Crippen molar-refractivity contribution in [3.8, 4) is 0 Å². The third-order valence-electron chi connectivity index (χ3n) is 4.20. The smallest absolute Gasteiger partial charge is 0.307 e. The number of fused-ring (bicyclic) bond motifs is 3. The molecule has 0 spiro atoms. The van der Waals surface area contributed by atoms with Gasteiger partial charge < -0.3 is 5.11 Å². The van der Waals surface area contributed by atoms with E-state index in [4.69, 9.17) is 0 Å². The summed E-state index contributed by atoms with van der Waals surface area (Å²) in [7, 11) is 0. The number of hydrogen-bond donors (Lipinski definition) is 1. The zero-order valence-electron chi connectivity index (χ0n) is 8.62. The molecule has 1 N–H and O–H groups in total. The van der Waals surface area contributed by atoms with Crippen LogP contribution in [0.25, 0.3) is 0 Å². The summed E-state index contributed by atoms with van der Waals surface area (Å²) < 4.78 is 0. The van der Waals surface area contributed by atoms with Crippen LogP contribution in [0.4, 0.5) is 0 Å². The van der Waals surface area contributed by atoms with E-state index < -0.39 is 5.97 Å². The van der Waals surface area contributed by atoms with Crippen LogP contribution in [0.2, 0.25) is 0 Å². The van der Waals surface area contributed by atoms with Crippen molar-refractivity contribution in [2.75, 3.05) is 0 Å². The molecule has 3 aliphatic carbocycles. The van der Waals surface area contributed by atoms with E-state index in [0.29, 0.717) is 6.42 Å². The molecular weight excluding hydrogens is 180 g/mol. The van der Waals surface area contributed by atoms with Gasteiger partial charge in [-0.1, -0.05) is 13.8 Å². The van der Waals surface area contributed by atoms with Gasteiger partial charge in [0.25, 0.3) is 0 Å². The molecule has 0 aromatic heterocycles. The Labute approximate surface area is 83.5 Å². The molecule has 4 atom stereocenters. The van der Waals surface area contributed by atoms with E-state index in [-0.39, 0.29) is 29.0 Å². The van der Waals surface area contributed by atoms with Crippen LogP contribution >= 0.6 is 0 Å². The summed E-state index contributed by atoms with van der Waals surface area (Å²) in [6.45, 7) is 3.87. The van der Waals surface area contributed by atoms with Gasteiger partial charge in [0, 0.05) is 12.3 Å². The molecule has 3 nitrogen and oxygen atoms in total. The number of ketones is 1. The van der Waals surface area contributed by atoms with Gasteiger partial charge in [0.05, 0.1) is 5.92 Å². The maximum absolute atomic E-state index is 11.6. The number of carbonyl (C=O) groups excluding carboxylic acids is 1. The molecule has 78 valence electrons. The molecule has 14 heavy (non-hydrogen) atoms. The molecule has 0 unspecified atom stereocenters. The quantitative estimate of drug-likeness (QED) is 0.694. The molecule has 2 bridgehead atoms. The van der Waals surface area contributed by atoms with Crippen LogP contribution in [-0.4, -0.2) is 16.9 Å². The first kappa shape index (κ1) is 9.69. The Kier molecular flexibility index (Phi) is 1.95. The average Bonchev–Trinajstić information content (AvgIpc) is 2.00. The van der Waals surface area contributed by atoms with Crippen LogP contribution in [0.15, 0.2) is 0 Å². The maximum atomic E-state index is 11.6. The van der Waals surface area contributed by atoms with Crippen molar-refractivity contribution in [2.24, 2.45) is 23.2 Å². The molecule has 0 aromatic carbocycles. The number of carbonyl (C=O) groups is 2. The normalized spacial score (nSPS) is 46.7. The van der Waals surface area contributed by atoms with E-state index in [0.717, 1.165) is 12.8 Å². The highest BCUT2D eigenvalue weighted by Crippen LogP contribution is 2.54. The van der Waals surface area contributed by atoms with Crippen molar-refractivity contribution in [1.29, 1.82) is 0 Å². The fourth-order valence-electron chi connectivity index (χ4n) is 3.48. The van der Waals surface area contributed by atoms with Crippen LogP contribution in [-0.2, 0) is 9.59 Å². The van der Waals surface area contributed by atoms with Gasteiger partial charge in [0.2, 0.25) is 0 Å². The second kappa shape index (κ2) is 2.81. The fourth-order valence-corrected chi connectivity index (χ4v) is 3.48. The largest absolute Gasteiger partial charge is 0.481 e. The number of Topliss-reactive ketones (excluding diaryl/α,β-unsaturated/α-hetero) is 1. The molecule has 3 rings (SSSR count). The summed E-state index contributed by atoms with van der Waals surface area (Å²) in [6.07, 6.45) is 2.25.